The van der Waals surface area contributed by atoms with Crippen LogP contribution in [0.4, 0.5) is 0 Å². The van der Waals surface area contributed by atoms with Crippen molar-refractivity contribution < 1.29 is 44.1 Å². The average molecular weight is 515 g/mol. The molecule has 0 saturated heterocycles. The summed E-state index contributed by atoms with van der Waals surface area (Å²) in [6, 6.07) is -3.12. The Morgan fingerprint density at radius 2 is 1.42 bits per heavy atom. The molecule has 3 atom stereocenters. The van der Waals surface area contributed by atoms with Gasteiger partial charge in [-0.2, -0.15) is 12.6 Å². The summed E-state index contributed by atoms with van der Waals surface area (Å²) in [7, 11) is 0. The first kappa shape index (κ1) is 32.2. The van der Waals surface area contributed by atoms with E-state index in [1.165, 1.54) is 0 Å². The number of carbonyl (C=O) groups excluding carboxylic acids is 3. The van der Waals surface area contributed by atoms with Gasteiger partial charge >= 0.3 is 17.9 Å². The minimum absolute atomic E-state index is 0.135. The van der Waals surface area contributed by atoms with Gasteiger partial charge in [-0.3, -0.25) is 28.8 Å². The van der Waals surface area contributed by atoms with Crippen LogP contribution in [0.2, 0.25) is 0 Å². The zero-order valence-corrected chi connectivity index (χ0v) is 18.8. The molecule has 0 fully saturated rings. The van der Waals surface area contributed by atoms with Crippen LogP contribution in [-0.4, -0.2) is 93.7 Å². The van der Waals surface area contributed by atoms with Crippen LogP contribution in [0.5, 0.6) is 0 Å². The van der Waals surface area contributed by atoms with Crippen molar-refractivity contribution in [2.24, 2.45) is 16.0 Å². The first-order chi connectivity index (χ1) is 15.3. The lowest BCUT2D eigenvalue weighted by Gasteiger charge is -2.16. The zero-order valence-electron chi connectivity index (χ0n) is 17.1. The van der Waals surface area contributed by atoms with Gasteiger partial charge in [-0.1, -0.05) is 0 Å². The van der Waals surface area contributed by atoms with Gasteiger partial charge in [0.15, 0.2) is 0 Å². The van der Waals surface area contributed by atoms with Gasteiger partial charge in [0, 0.05) is 34.5 Å². The molecule has 0 aliphatic rings. The van der Waals surface area contributed by atoms with Crippen LogP contribution in [0.15, 0.2) is 4.58 Å². The number of rotatable bonds is 15. The summed E-state index contributed by atoms with van der Waals surface area (Å²) in [6.45, 7) is -1.05. The zero-order chi connectivity index (χ0) is 26.0. The Hall–Kier alpha value is -2.96. The molecule has 33 heavy (non-hydrogen) atoms. The first-order valence-electron chi connectivity index (χ1n) is 8.93. The number of nitrogens with zero attached hydrogens (tertiary/aromatic N) is 1. The quantitative estimate of drug-likeness (QED) is 0.0589. The number of nitrogens with two attached hydrogens (primary N) is 2. The van der Waals surface area contributed by atoms with E-state index in [0.717, 1.165) is 0 Å². The van der Waals surface area contributed by atoms with Crippen molar-refractivity contribution in [2.45, 2.75) is 31.0 Å². The second kappa shape index (κ2) is 18.6. The van der Waals surface area contributed by atoms with Gasteiger partial charge in [-0.05, 0) is 6.42 Å². The first-order valence-corrected chi connectivity index (χ1v) is 10.5. The van der Waals surface area contributed by atoms with E-state index in [0.29, 0.717) is 11.9 Å². The molecular weight excluding hydrogens is 488 g/mol. The maximum absolute atomic E-state index is 11.7. The molecule has 0 unspecified atom stereocenters. The number of nitroso groups, excluding NO2 is 1. The minimum atomic E-state index is -1.27. The summed E-state index contributed by atoms with van der Waals surface area (Å²) in [5, 5.41) is 31.6. The molecule has 0 aliphatic carbocycles. The molecule has 0 spiro atoms. The Bertz CT molecular complexity index is 711. The molecule has 0 aromatic heterocycles. The number of hydrogen-bond donors (Lipinski definition) is 9. The smallest absolute Gasteiger partial charge is 0.322 e. The number of hydrogen-bond acceptors (Lipinski definition) is 12. The molecule has 0 radical (unpaired) electrons. The minimum Gasteiger partial charge on any atom is -0.480 e. The maximum atomic E-state index is 11.7. The number of nitrogens with one attached hydrogen (secondary N) is 3. The molecule has 0 heterocycles. The van der Waals surface area contributed by atoms with E-state index in [-0.39, 0.29) is 24.3 Å². The third-order valence-electron chi connectivity index (χ3n) is 3.31. The lowest BCUT2D eigenvalue weighted by Crippen LogP contribution is -2.49. The van der Waals surface area contributed by atoms with Crippen molar-refractivity contribution in [1.82, 2.24) is 16.0 Å². The summed E-state index contributed by atoms with van der Waals surface area (Å²) >= 11 is 4.24. The molecule has 0 aliphatic heterocycles. The van der Waals surface area contributed by atoms with Gasteiger partial charge < -0.3 is 42.7 Å². The van der Waals surface area contributed by atoms with Crippen LogP contribution in [0.1, 0.15) is 12.8 Å². The van der Waals surface area contributed by atoms with Crippen LogP contribution in [0, 0.1) is 4.91 Å². The lowest BCUT2D eigenvalue weighted by atomic mass is 10.1. The lowest BCUT2D eigenvalue weighted by molar-refractivity contribution is -0.139. The van der Waals surface area contributed by atoms with Gasteiger partial charge in [-0.25, -0.2) is 0 Å². The fraction of sp³-hybridized carbons (Fsp3) is 0.600. The van der Waals surface area contributed by atoms with Gasteiger partial charge in [0.2, 0.25) is 17.7 Å². The van der Waals surface area contributed by atoms with Crippen LogP contribution in [-0.2, 0) is 28.8 Å². The highest BCUT2D eigenvalue weighted by Gasteiger charge is 2.22. The Morgan fingerprint density at radius 1 is 0.909 bits per heavy atom. The van der Waals surface area contributed by atoms with Crippen molar-refractivity contribution in [3.8, 4) is 0 Å². The number of carboxylic acids is 3. The largest absolute Gasteiger partial charge is 0.480 e. The summed E-state index contributed by atoms with van der Waals surface area (Å²) in [6.07, 6.45) is -0.376. The number of amides is 3. The molecule has 3 amide bonds. The normalized spacial score (nSPS) is 12.6. The van der Waals surface area contributed by atoms with Crippen LogP contribution >= 0.6 is 24.6 Å². The van der Waals surface area contributed by atoms with Gasteiger partial charge in [-0.15, -0.1) is 4.91 Å². The van der Waals surface area contributed by atoms with Gasteiger partial charge in [0.05, 0.1) is 6.04 Å². The van der Waals surface area contributed by atoms with Crippen LogP contribution in [0.25, 0.3) is 0 Å². The average Bonchev–Trinajstić information content (AvgIpc) is 2.76. The Balaban J connectivity index is 0. The molecule has 188 valence electrons. The van der Waals surface area contributed by atoms with Crippen molar-refractivity contribution in [2.75, 3.05) is 24.6 Å². The van der Waals surface area contributed by atoms with Crippen molar-refractivity contribution in [3.63, 3.8) is 0 Å². The van der Waals surface area contributed by atoms with E-state index in [1.807, 2.05) is 0 Å². The molecule has 0 aromatic rings. The van der Waals surface area contributed by atoms with E-state index in [2.05, 4.69) is 33.2 Å². The Kier molecular flexibility index (Phi) is 18.2. The molecule has 10 N–H and O–H groups in total. The van der Waals surface area contributed by atoms with E-state index in [9.17, 15) is 33.7 Å². The summed E-state index contributed by atoms with van der Waals surface area (Å²) in [5.74, 6) is -5.56. The molecule has 16 nitrogen and oxygen atoms in total. The van der Waals surface area contributed by atoms with Crippen molar-refractivity contribution >= 4 is 60.2 Å². The molecule has 18 heteroatoms. The summed E-state index contributed by atoms with van der Waals surface area (Å²) < 4.78 is 2.48. The molecule has 0 rings (SSSR count). The van der Waals surface area contributed by atoms with Gasteiger partial charge in [0.25, 0.3) is 0 Å². The number of aliphatic carboxylic acids is 3. The summed E-state index contributed by atoms with van der Waals surface area (Å²) in [5.41, 5.74) is 10.5. The number of thiol groups is 1. The second-order valence-corrected chi connectivity index (χ2v) is 7.09. The fourth-order valence-corrected chi connectivity index (χ4v) is 2.24. The Labute approximate surface area is 197 Å². The van der Waals surface area contributed by atoms with E-state index in [1.54, 1.807) is 0 Å². The number of carbonyl (C=O) groups is 6. The third-order valence-corrected chi connectivity index (χ3v) is 4.29. The highest BCUT2D eigenvalue weighted by molar-refractivity contribution is 7.97. The molecule has 0 aromatic carbocycles. The second-order valence-electron chi connectivity index (χ2n) is 5.99. The van der Waals surface area contributed by atoms with Crippen LogP contribution < -0.4 is 27.4 Å². The monoisotopic (exact) mass is 514 g/mol. The third kappa shape index (κ3) is 18.3. The highest BCUT2D eigenvalue weighted by Crippen LogP contribution is 2.05. The number of carboxylic acid groups (broad SMARTS) is 3. The van der Waals surface area contributed by atoms with Crippen LogP contribution in [0.3, 0.4) is 0 Å². The van der Waals surface area contributed by atoms with Crippen molar-refractivity contribution in [3.05, 3.63) is 4.91 Å². The Morgan fingerprint density at radius 3 is 1.85 bits per heavy atom. The predicted octanol–water partition coefficient (Wildman–Crippen LogP) is -3.28. The molecular formula is C15H26N6O10S2. The molecule has 0 bridgehead atoms. The standard InChI is InChI=1S/C10H16N4O7S.C5H10N2O3S/c11-5(10(19)20)1-2-7(15)13-6(4-22-14-21)9(18)12-3-8(16)17;6-3(2-11)5(10)7-1-4(8)9/h5-6H,1-4,11H2,(H,12,18)(H,13,15)(H,16,17)(H,19,20);3,11H,1-2,6H2,(H,7,10)(H,8,9)/t5-,6-;3-/m00/s1. The predicted molar refractivity (Wildman–Crippen MR) is 118 cm³/mol. The maximum Gasteiger partial charge on any atom is 0.322 e. The highest BCUT2D eigenvalue weighted by atomic mass is 32.2. The fourth-order valence-electron chi connectivity index (χ4n) is 1.63. The topological polar surface area (TPSA) is 281 Å². The van der Waals surface area contributed by atoms with E-state index >= 15 is 0 Å². The molecule has 0 saturated carbocycles. The van der Waals surface area contributed by atoms with E-state index in [4.69, 9.17) is 26.8 Å². The van der Waals surface area contributed by atoms with E-state index < -0.39 is 66.8 Å². The summed E-state index contributed by atoms with van der Waals surface area (Å²) in [4.78, 5) is 74.9. The van der Waals surface area contributed by atoms with Crippen molar-refractivity contribution in [1.29, 1.82) is 0 Å². The van der Waals surface area contributed by atoms with Gasteiger partial charge in [0.1, 0.15) is 25.2 Å². The SMILES string of the molecule is N[C@@H](CCC(=O)N[C@@H](CSN=O)C(=O)NCC(=O)O)C(=O)O.N[C@@H](CS)C(=O)NCC(=O)O.